The van der Waals surface area contributed by atoms with E-state index in [4.69, 9.17) is 14.5 Å². The maximum absolute atomic E-state index is 13.0. The number of nitrogens with zero attached hydrogens (tertiary/aromatic N) is 3. The highest BCUT2D eigenvalue weighted by molar-refractivity contribution is 5.96. The molecule has 180 valence electrons. The lowest BCUT2D eigenvalue weighted by Gasteiger charge is -2.18. The Hall–Kier alpha value is -3.80. The van der Waals surface area contributed by atoms with Crippen LogP contribution in [0.1, 0.15) is 35.7 Å². The summed E-state index contributed by atoms with van der Waals surface area (Å²) in [5, 5.41) is 0. The van der Waals surface area contributed by atoms with Crippen LogP contribution < -0.4 is 14.4 Å². The Kier molecular flexibility index (Phi) is 6.45. The number of methoxy groups -OCH3 is 1. The molecule has 0 aliphatic carbocycles. The maximum Gasteiger partial charge on any atom is 0.227 e. The second-order valence-corrected chi connectivity index (χ2v) is 9.17. The van der Waals surface area contributed by atoms with Crippen LogP contribution >= 0.6 is 0 Å². The summed E-state index contributed by atoms with van der Waals surface area (Å²) in [6, 6.07) is 22.1. The smallest absolute Gasteiger partial charge is 0.227 e. The van der Waals surface area contributed by atoms with E-state index in [0.29, 0.717) is 19.6 Å². The van der Waals surface area contributed by atoms with Crippen LogP contribution in [0.2, 0.25) is 0 Å². The molecule has 0 saturated carbocycles. The first-order chi connectivity index (χ1) is 17.0. The van der Waals surface area contributed by atoms with Crippen molar-refractivity contribution in [2.45, 2.75) is 39.2 Å². The van der Waals surface area contributed by atoms with Gasteiger partial charge in [0.2, 0.25) is 5.91 Å². The van der Waals surface area contributed by atoms with E-state index in [-0.39, 0.29) is 11.8 Å². The molecule has 1 aliphatic heterocycles. The number of para-hydroxylation sites is 2. The van der Waals surface area contributed by atoms with E-state index in [9.17, 15) is 4.79 Å². The van der Waals surface area contributed by atoms with Gasteiger partial charge >= 0.3 is 0 Å². The van der Waals surface area contributed by atoms with Gasteiger partial charge in [-0.15, -0.1) is 0 Å². The van der Waals surface area contributed by atoms with Crippen LogP contribution in [0.25, 0.3) is 11.0 Å². The Bertz CT molecular complexity index is 1360. The Labute approximate surface area is 206 Å². The van der Waals surface area contributed by atoms with E-state index in [0.717, 1.165) is 47.0 Å². The second-order valence-electron chi connectivity index (χ2n) is 9.17. The van der Waals surface area contributed by atoms with Crippen molar-refractivity contribution < 1.29 is 14.3 Å². The predicted molar refractivity (Wildman–Crippen MR) is 138 cm³/mol. The Morgan fingerprint density at radius 1 is 0.971 bits per heavy atom. The summed E-state index contributed by atoms with van der Waals surface area (Å²) in [7, 11) is 1.64. The number of imidazole rings is 1. The number of aryl methyl sites for hydroxylation is 3. The van der Waals surface area contributed by atoms with Crippen molar-refractivity contribution in [3.63, 3.8) is 0 Å². The lowest BCUT2D eigenvalue weighted by Crippen LogP contribution is -2.24. The third kappa shape index (κ3) is 4.74. The van der Waals surface area contributed by atoms with Crippen LogP contribution in [-0.2, 0) is 11.3 Å². The number of aromatic nitrogens is 2. The minimum atomic E-state index is 0.0294. The number of ether oxygens (including phenoxy) is 2. The zero-order valence-corrected chi connectivity index (χ0v) is 20.5. The van der Waals surface area contributed by atoms with Crippen molar-refractivity contribution in [2.24, 2.45) is 0 Å². The van der Waals surface area contributed by atoms with Crippen LogP contribution in [0.5, 0.6) is 11.5 Å². The molecule has 0 radical (unpaired) electrons. The fraction of sp³-hybridized carbons (Fsp3) is 0.310. The van der Waals surface area contributed by atoms with E-state index >= 15 is 0 Å². The Morgan fingerprint density at radius 3 is 2.66 bits per heavy atom. The molecule has 0 bridgehead atoms. The monoisotopic (exact) mass is 469 g/mol. The van der Waals surface area contributed by atoms with Crippen LogP contribution in [0.3, 0.4) is 0 Å². The number of benzene rings is 3. The number of hydrogen-bond acceptors (Lipinski definition) is 4. The highest BCUT2D eigenvalue weighted by Crippen LogP contribution is 2.34. The molecule has 1 amide bonds. The summed E-state index contributed by atoms with van der Waals surface area (Å²) < 4.78 is 13.6. The third-order valence-corrected chi connectivity index (χ3v) is 6.81. The summed E-state index contributed by atoms with van der Waals surface area (Å²) in [4.78, 5) is 19.8. The van der Waals surface area contributed by atoms with Gasteiger partial charge < -0.3 is 18.9 Å². The number of anilines is 1. The molecule has 35 heavy (non-hydrogen) atoms. The summed E-state index contributed by atoms with van der Waals surface area (Å²) in [6.07, 6.45) is 1.29. The van der Waals surface area contributed by atoms with Crippen LogP contribution in [0.15, 0.2) is 66.7 Å². The second kappa shape index (κ2) is 9.82. The standard InChI is InChI=1S/C29H31N3O3/c1-20-12-13-25(16-21(20)2)35-15-7-14-31-27-11-5-4-10-26(27)30-29(31)22-17-28(33)32(19-22)23-8-6-9-24(18-23)34-3/h4-6,8-13,16,18,22H,7,14-15,17,19H2,1-3H3. The number of rotatable bonds is 8. The van der Waals surface area contributed by atoms with Crippen molar-refractivity contribution in [3.8, 4) is 11.5 Å². The summed E-state index contributed by atoms with van der Waals surface area (Å²) >= 11 is 0. The van der Waals surface area contributed by atoms with E-state index in [1.54, 1.807) is 7.11 Å². The predicted octanol–water partition coefficient (Wildman–Crippen LogP) is 5.65. The molecule has 4 aromatic rings. The van der Waals surface area contributed by atoms with Crippen LogP contribution in [0.4, 0.5) is 5.69 Å². The molecule has 1 aliphatic rings. The molecule has 5 rings (SSSR count). The van der Waals surface area contributed by atoms with E-state index in [2.05, 4.69) is 36.6 Å². The van der Waals surface area contributed by atoms with Crippen molar-refractivity contribution in [3.05, 3.63) is 83.7 Å². The Balaban J connectivity index is 1.34. The SMILES string of the molecule is COc1cccc(N2CC(c3nc4ccccc4n3CCCOc3ccc(C)c(C)c3)CC2=O)c1. The van der Waals surface area contributed by atoms with Crippen molar-refractivity contribution in [1.29, 1.82) is 0 Å². The molecule has 0 N–H and O–H groups in total. The van der Waals surface area contributed by atoms with Crippen LogP contribution in [0, 0.1) is 13.8 Å². The number of amides is 1. The maximum atomic E-state index is 13.0. The molecule has 3 aromatic carbocycles. The van der Waals surface area contributed by atoms with Gasteiger partial charge in [-0.1, -0.05) is 24.3 Å². The topological polar surface area (TPSA) is 56.6 Å². The van der Waals surface area contributed by atoms with E-state index < -0.39 is 0 Å². The summed E-state index contributed by atoms with van der Waals surface area (Å²) in [5.74, 6) is 2.76. The molecule has 1 atom stereocenters. The summed E-state index contributed by atoms with van der Waals surface area (Å²) in [5.41, 5.74) is 5.42. The molecule has 6 nitrogen and oxygen atoms in total. The molecular weight excluding hydrogens is 438 g/mol. The molecule has 1 fully saturated rings. The highest BCUT2D eigenvalue weighted by atomic mass is 16.5. The minimum Gasteiger partial charge on any atom is -0.497 e. The van der Waals surface area contributed by atoms with Gasteiger partial charge in [0.05, 0.1) is 24.8 Å². The summed E-state index contributed by atoms with van der Waals surface area (Å²) in [6.45, 7) is 6.21. The number of carbonyl (C=O) groups is 1. The van der Waals surface area contributed by atoms with E-state index in [1.807, 2.05) is 53.4 Å². The van der Waals surface area contributed by atoms with E-state index in [1.165, 1.54) is 11.1 Å². The largest absolute Gasteiger partial charge is 0.497 e. The fourth-order valence-electron chi connectivity index (χ4n) is 4.77. The van der Waals surface area contributed by atoms with Gasteiger partial charge in [-0.2, -0.15) is 0 Å². The lowest BCUT2D eigenvalue weighted by molar-refractivity contribution is -0.117. The zero-order chi connectivity index (χ0) is 24.4. The van der Waals surface area contributed by atoms with Gasteiger partial charge in [0, 0.05) is 37.2 Å². The van der Waals surface area contributed by atoms with Gasteiger partial charge in [0.1, 0.15) is 17.3 Å². The van der Waals surface area contributed by atoms with Crippen LogP contribution in [-0.4, -0.2) is 35.7 Å². The number of hydrogen-bond donors (Lipinski definition) is 0. The van der Waals surface area contributed by atoms with Gasteiger partial charge in [-0.3, -0.25) is 4.79 Å². The number of carbonyl (C=O) groups excluding carboxylic acids is 1. The van der Waals surface area contributed by atoms with Gasteiger partial charge in [-0.05, 0) is 67.8 Å². The van der Waals surface area contributed by atoms with Gasteiger partial charge in [-0.25, -0.2) is 4.98 Å². The zero-order valence-electron chi connectivity index (χ0n) is 20.5. The average molecular weight is 470 g/mol. The fourth-order valence-corrected chi connectivity index (χ4v) is 4.77. The molecule has 1 unspecified atom stereocenters. The van der Waals surface area contributed by atoms with Crippen molar-refractivity contribution in [2.75, 3.05) is 25.2 Å². The molecular formula is C29H31N3O3. The van der Waals surface area contributed by atoms with Gasteiger partial charge in [0.15, 0.2) is 0 Å². The quantitative estimate of drug-likeness (QED) is 0.313. The van der Waals surface area contributed by atoms with Crippen molar-refractivity contribution >= 4 is 22.6 Å². The lowest BCUT2D eigenvalue weighted by atomic mass is 10.1. The third-order valence-electron chi connectivity index (χ3n) is 6.81. The molecule has 0 spiro atoms. The molecule has 2 heterocycles. The minimum absolute atomic E-state index is 0.0294. The number of fused-ring (bicyclic) bond motifs is 1. The molecule has 1 aromatic heterocycles. The van der Waals surface area contributed by atoms with Crippen molar-refractivity contribution in [1.82, 2.24) is 9.55 Å². The Morgan fingerprint density at radius 2 is 1.83 bits per heavy atom. The first-order valence-electron chi connectivity index (χ1n) is 12.1. The van der Waals surface area contributed by atoms with Gasteiger partial charge in [0.25, 0.3) is 0 Å². The average Bonchev–Trinajstić information content (AvgIpc) is 3.44. The first-order valence-corrected chi connectivity index (χ1v) is 12.1. The highest BCUT2D eigenvalue weighted by Gasteiger charge is 2.35. The molecule has 1 saturated heterocycles. The normalized spacial score (nSPS) is 15.7. The first kappa shape index (κ1) is 23.0. The molecule has 6 heteroatoms.